The maximum absolute atomic E-state index is 13.0. The molecule has 2 amide bonds. The summed E-state index contributed by atoms with van der Waals surface area (Å²) in [5.74, 6) is 0.653. The van der Waals surface area contributed by atoms with E-state index in [1.165, 1.54) is 23.4 Å². The van der Waals surface area contributed by atoms with Crippen LogP contribution in [-0.2, 0) is 11.3 Å². The van der Waals surface area contributed by atoms with Crippen LogP contribution in [-0.4, -0.2) is 32.3 Å². The van der Waals surface area contributed by atoms with E-state index in [9.17, 15) is 9.59 Å². The van der Waals surface area contributed by atoms with Crippen LogP contribution < -0.4 is 10.6 Å². The second kappa shape index (κ2) is 13.1. The molecule has 0 spiro atoms. The molecule has 0 radical (unpaired) electrons. The molecule has 1 heterocycles. The first kappa shape index (κ1) is 28.8. The minimum absolute atomic E-state index is 0.00208. The van der Waals surface area contributed by atoms with Gasteiger partial charge >= 0.3 is 0 Å². The highest BCUT2D eigenvalue weighted by Gasteiger charge is 2.27. The number of hydrogen-bond acceptors (Lipinski definition) is 5. The first-order valence-electron chi connectivity index (χ1n) is 11.9. The molecule has 7 nitrogen and oxygen atoms in total. The van der Waals surface area contributed by atoms with Crippen molar-refractivity contribution in [2.24, 2.45) is 5.92 Å². The Morgan fingerprint density at radius 2 is 1.78 bits per heavy atom. The van der Waals surface area contributed by atoms with Crippen LogP contribution in [0.1, 0.15) is 61.4 Å². The molecule has 0 fully saturated rings. The summed E-state index contributed by atoms with van der Waals surface area (Å²) < 4.78 is 1.86. The molecule has 0 aliphatic carbocycles. The van der Waals surface area contributed by atoms with Crippen molar-refractivity contribution in [3.05, 3.63) is 82.1 Å². The van der Waals surface area contributed by atoms with E-state index in [2.05, 4.69) is 41.3 Å². The SMILES string of the molecule is C=CCn1c(SCC(=O)Nc2ccc(C(C)C)cc2)nnc1[C@@H](NC(=O)c1ccc(Cl)cc1Cl)C(C)C. The van der Waals surface area contributed by atoms with Crippen molar-refractivity contribution >= 4 is 52.5 Å². The number of halogens is 2. The van der Waals surface area contributed by atoms with Gasteiger partial charge in [-0.15, -0.1) is 16.8 Å². The molecule has 2 N–H and O–H groups in total. The number of amides is 2. The first-order valence-corrected chi connectivity index (χ1v) is 13.7. The van der Waals surface area contributed by atoms with Crippen LogP contribution in [0, 0.1) is 5.92 Å². The second-order valence-corrected chi connectivity index (χ2v) is 11.0. The quantitative estimate of drug-likeness (QED) is 0.200. The zero-order valence-electron chi connectivity index (χ0n) is 21.3. The van der Waals surface area contributed by atoms with Gasteiger partial charge in [-0.05, 0) is 47.7 Å². The van der Waals surface area contributed by atoms with Crippen molar-refractivity contribution in [3.8, 4) is 0 Å². The van der Waals surface area contributed by atoms with Gasteiger partial charge in [0.2, 0.25) is 5.91 Å². The lowest BCUT2D eigenvalue weighted by Gasteiger charge is -2.23. The summed E-state index contributed by atoms with van der Waals surface area (Å²) >= 11 is 13.5. The number of allylic oxidation sites excluding steroid dienone is 1. The smallest absolute Gasteiger partial charge is 0.253 e. The van der Waals surface area contributed by atoms with Gasteiger partial charge < -0.3 is 15.2 Å². The fourth-order valence-electron chi connectivity index (χ4n) is 3.64. The van der Waals surface area contributed by atoms with E-state index in [1.54, 1.807) is 18.2 Å². The van der Waals surface area contributed by atoms with Crippen molar-refractivity contribution in [2.45, 2.75) is 51.4 Å². The van der Waals surface area contributed by atoms with Gasteiger partial charge in [0.1, 0.15) is 0 Å². The molecule has 1 aromatic heterocycles. The summed E-state index contributed by atoms with van der Waals surface area (Å²) in [4.78, 5) is 25.6. The molecule has 10 heteroatoms. The third-order valence-corrected chi connectivity index (χ3v) is 7.17. The third-order valence-electron chi connectivity index (χ3n) is 5.66. The highest BCUT2D eigenvalue weighted by molar-refractivity contribution is 7.99. The summed E-state index contributed by atoms with van der Waals surface area (Å²) in [6.45, 7) is 12.5. The van der Waals surface area contributed by atoms with E-state index in [1.807, 2.05) is 42.7 Å². The second-order valence-electron chi connectivity index (χ2n) is 9.17. The van der Waals surface area contributed by atoms with E-state index in [-0.39, 0.29) is 28.5 Å². The molecule has 0 aliphatic rings. The van der Waals surface area contributed by atoms with Crippen molar-refractivity contribution in [1.29, 1.82) is 0 Å². The van der Waals surface area contributed by atoms with Crippen LogP contribution in [0.5, 0.6) is 0 Å². The van der Waals surface area contributed by atoms with Gasteiger partial charge in [0.05, 0.1) is 22.4 Å². The van der Waals surface area contributed by atoms with Crippen molar-refractivity contribution < 1.29 is 9.59 Å². The Hall–Kier alpha value is -2.81. The van der Waals surface area contributed by atoms with E-state index in [0.29, 0.717) is 34.0 Å². The average Bonchev–Trinajstić information content (AvgIpc) is 3.23. The first-order chi connectivity index (χ1) is 17.6. The number of nitrogens with zero attached hydrogens (tertiary/aromatic N) is 3. The van der Waals surface area contributed by atoms with Crippen LogP contribution in [0.3, 0.4) is 0 Å². The molecule has 0 unspecified atom stereocenters. The van der Waals surface area contributed by atoms with Crippen LogP contribution in [0.4, 0.5) is 5.69 Å². The number of hydrogen-bond donors (Lipinski definition) is 2. The van der Waals surface area contributed by atoms with E-state index in [0.717, 1.165) is 5.69 Å². The maximum Gasteiger partial charge on any atom is 0.253 e. The molecule has 196 valence electrons. The minimum atomic E-state index is -0.450. The molecule has 3 rings (SSSR count). The van der Waals surface area contributed by atoms with Crippen molar-refractivity contribution in [3.63, 3.8) is 0 Å². The molecular formula is C27H31Cl2N5O2S. The van der Waals surface area contributed by atoms with Gasteiger partial charge in [0.25, 0.3) is 5.91 Å². The number of thioether (sulfide) groups is 1. The Morgan fingerprint density at radius 3 is 2.38 bits per heavy atom. The van der Waals surface area contributed by atoms with Gasteiger partial charge in [-0.2, -0.15) is 0 Å². The number of carbonyl (C=O) groups is 2. The van der Waals surface area contributed by atoms with E-state index >= 15 is 0 Å². The van der Waals surface area contributed by atoms with Crippen molar-refractivity contribution in [2.75, 3.05) is 11.1 Å². The number of carbonyl (C=O) groups excluding carboxylic acids is 2. The summed E-state index contributed by atoms with van der Waals surface area (Å²) in [6, 6.07) is 12.1. The Bertz CT molecular complexity index is 1260. The average molecular weight is 561 g/mol. The predicted octanol–water partition coefficient (Wildman–Crippen LogP) is 6.75. The number of rotatable bonds is 11. The summed E-state index contributed by atoms with van der Waals surface area (Å²) in [6.07, 6.45) is 1.72. The zero-order valence-corrected chi connectivity index (χ0v) is 23.6. The molecule has 2 aromatic carbocycles. The molecule has 37 heavy (non-hydrogen) atoms. The summed E-state index contributed by atoms with van der Waals surface area (Å²) in [7, 11) is 0. The monoisotopic (exact) mass is 559 g/mol. The number of aromatic nitrogens is 3. The fourth-order valence-corrected chi connectivity index (χ4v) is 4.89. The summed E-state index contributed by atoms with van der Waals surface area (Å²) in [5, 5.41) is 15.9. The highest BCUT2D eigenvalue weighted by Crippen LogP contribution is 2.27. The highest BCUT2D eigenvalue weighted by atomic mass is 35.5. The normalized spacial score (nSPS) is 12.0. The van der Waals surface area contributed by atoms with E-state index < -0.39 is 6.04 Å². The third kappa shape index (κ3) is 7.60. The van der Waals surface area contributed by atoms with Gasteiger partial charge in [-0.1, -0.05) is 80.9 Å². The summed E-state index contributed by atoms with van der Waals surface area (Å²) in [5.41, 5.74) is 2.27. The molecule has 0 aliphatic heterocycles. The lowest BCUT2D eigenvalue weighted by Crippen LogP contribution is -2.34. The lowest BCUT2D eigenvalue weighted by molar-refractivity contribution is -0.113. The Labute approximate surface area is 232 Å². The number of anilines is 1. The number of benzene rings is 2. The molecule has 3 aromatic rings. The number of nitrogens with one attached hydrogen (secondary N) is 2. The minimum Gasteiger partial charge on any atom is -0.342 e. The standard InChI is InChI=1S/C27H31Cl2N5O2S/c1-6-13-34-25(24(17(4)5)31-26(36)21-12-9-19(28)14-22(21)29)32-33-27(34)37-15-23(35)30-20-10-7-18(8-11-20)16(2)3/h6-12,14,16-17,24H,1,13,15H2,2-5H3,(H,30,35)(H,31,36)/t24-/m0/s1. The van der Waals surface area contributed by atoms with E-state index in [4.69, 9.17) is 23.2 Å². The van der Waals surface area contributed by atoms with Gasteiger partial charge in [-0.3, -0.25) is 9.59 Å². The topological polar surface area (TPSA) is 88.9 Å². The van der Waals surface area contributed by atoms with Gasteiger partial charge in [0, 0.05) is 17.3 Å². The largest absolute Gasteiger partial charge is 0.342 e. The van der Waals surface area contributed by atoms with Crippen LogP contribution in [0.15, 0.2) is 60.3 Å². The van der Waals surface area contributed by atoms with Gasteiger partial charge in [0.15, 0.2) is 11.0 Å². The lowest BCUT2D eigenvalue weighted by atomic mass is 10.0. The van der Waals surface area contributed by atoms with Gasteiger partial charge in [-0.25, -0.2) is 0 Å². The molecule has 1 atom stereocenters. The molecule has 0 saturated carbocycles. The van der Waals surface area contributed by atoms with Crippen LogP contribution in [0.2, 0.25) is 10.0 Å². The predicted molar refractivity (Wildman–Crippen MR) is 152 cm³/mol. The Morgan fingerprint density at radius 1 is 1.08 bits per heavy atom. The molecule has 0 bridgehead atoms. The maximum atomic E-state index is 13.0. The Kier molecular flexibility index (Phi) is 10.2. The molecule has 0 saturated heterocycles. The van der Waals surface area contributed by atoms with Crippen molar-refractivity contribution in [1.82, 2.24) is 20.1 Å². The Balaban J connectivity index is 1.73. The van der Waals surface area contributed by atoms with Crippen LogP contribution >= 0.6 is 35.0 Å². The molecular weight excluding hydrogens is 529 g/mol. The zero-order chi connectivity index (χ0) is 27.1. The fraction of sp³-hybridized carbons (Fsp3) is 0.333. The van der Waals surface area contributed by atoms with Crippen LogP contribution in [0.25, 0.3) is 0 Å².